The van der Waals surface area contributed by atoms with Gasteiger partial charge < -0.3 is 10.6 Å². The summed E-state index contributed by atoms with van der Waals surface area (Å²) in [5.74, 6) is 0.0781. The molecule has 0 aromatic carbocycles. The number of carbonyl (C=O) groups is 2. The minimum atomic E-state index is -0.228. The van der Waals surface area contributed by atoms with Crippen molar-refractivity contribution in [3.8, 4) is 0 Å². The Morgan fingerprint density at radius 1 is 1.24 bits per heavy atom. The maximum Gasteiger partial charge on any atom is 0.252 e. The zero-order chi connectivity index (χ0) is 15.4. The first-order valence-electron chi connectivity index (χ1n) is 6.72. The number of nitrogens with one attached hydrogen (secondary N) is 2. The third kappa shape index (κ3) is 3.33. The van der Waals surface area contributed by atoms with Crippen LogP contribution in [0.2, 0.25) is 0 Å². The van der Waals surface area contributed by atoms with Crippen molar-refractivity contribution in [1.82, 2.24) is 30.2 Å². The van der Waals surface area contributed by atoms with Gasteiger partial charge in [-0.3, -0.25) is 9.59 Å². The van der Waals surface area contributed by atoms with Gasteiger partial charge in [0.15, 0.2) is 0 Å². The lowest BCUT2D eigenvalue weighted by Gasteiger charge is -2.10. The Morgan fingerprint density at radius 2 is 2.00 bits per heavy atom. The SMILES string of the molecule is CCNC(=O)CNC(=O)Cc1c(C)nc2ncnn2c1C. The van der Waals surface area contributed by atoms with E-state index in [2.05, 4.69) is 25.7 Å². The molecule has 21 heavy (non-hydrogen) atoms. The van der Waals surface area contributed by atoms with E-state index in [1.54, 1.807) is 4.52 Å². The fraction of sp³-hybridized carbons (Fsp3) is 0.462. The normalized spacial score (nSPS) is 10.6. The number of aromatic nitrogens is 4. The van der Waals surface area contributed by atoms with Crippen LogP contribution in [-0.4, -0.2) is 44.5 Å². The fourth-order valence-corrected chi connectivity index (χ4v) is 2.07. The lowest BCUT2D eigenvalue weighted by molar-refractivity contribution is -0.125. The first-order chi connectivity index (χ1) is 10.0. The smallest absolute Gasteiger partial charge is 0.252 e. The predicted octanol–water partition coefficient (Wildman–Crippen LogP) is -0.464. The summed E-state index contributed by atoms with van der Waals surface area (Å²) in [5.41, 5.74) is 2.35. The molecule has 2 N–H and O–H groups in total. The molecule has 0 saturated heterocycles. The number of hydrogen-bond acceptors (Lipinski definition) is 5. The van der Waals surface area contributed by atoms with Gasteiger partial charge in [-0.2, -0.15) is 10.1 Å². The summed E-state index contributed by atoms with van der Waals surface area (Å²) in [7, 11) is 0. The molecule has 0 unspecified atom stereocenters. The maximum absolute atomic E-state index is 11.9. The van der Waals surface area contributed by atoms with Crippen molar-refractivity contribution in [3.63, 3.8) is 0 Å². The van der Waals surface area contributed by atoms with Crippen LogP contribution in [0.4, 0.5) is 0 Å². The van der Waals surface area contributed by atoms with Crippen LogP contribution in [0.3, 0.4) is 0 Å². The number of carbonyl (C=O) groups excluding carboxylic acids is 2. The second kappa shape index (κ2) is 6.29. The molecular formula is C13H18N6O2. The maximum atomic E-state index is 11.9. The molecule has 2 heterocycles. The van der Waals surface area contributed by atoms with Gasteiger partial charge in [0.1, 0.15) is 6.33 Å². The monoisotopic (exact) mass is 290 g/mol. The van der Waals surface area contributed by atoms with Gasteiger partial charge in [-0.05, 0) is 20.8 Å². The van der Waals surface area contributed by atoms with Gasteiger partial charge in [-0.1, -0.05) is 0 Å². The second-order valence-corrected chi connectivity index (χ2v) is 4.64. The van der Waals surface area contributed by atoms with Crippen LogP contribution >= 0.6 is 0 Å². The van der Waals surface area contributed by atoms with Crippen molar-refractivity contribution in [2.75, 3.05) is 13.1 Å². The minimum absolute atomic E-state index is 0.0240. The molecule has 0 radical (unpaired) electrons. The number of rotatable bonds is 5. The summed E-state index contributed by atoms with van der Waals surface area (Å²) < 4.78 is 1.60. The van der Waals surface area contributed by atoms with Gasteiger partial charge >= 0.3 is 0 Å². The van der Waals surface area contributed by atoms with Crippen molar-refractivity contribution in [3.05, 3.63) is 23.3 Å². The largest absolute Gasteiger partial charge is 0.355 e. The molecule has 8 nitrogen and oxygen atoms in total. The standard InChI is InChI=1S/C13H18N6O2/c1-4-14-12(21)6-15-11(20)5-10-8(2)18-13-16-7-17-19(13)9(10)3/h7H,4-6H2,1-3H3,(H,14,21)(H,15,20). The van der Waals surface area contributed by atoms with E-state index in [9.17, 15) is 9.59 Å². The predicted molar refractivity (Wildman–Crippen MR) is 75.7 cm³/mol. The van der Waals surface area contributed by atoms with Crippen LogP contribution < -0.4 is 10.6 Å². The molecule has 0 aliphatic heterocycles. The number of amides is 2. The highest BCUT2D eigenvalue weighted by Gasteiger charge is 2.14. The third-order valence-corrected chi connectivity index (χ3v) is 3.15. The van der Waals surface area contributed by atoms with E-state index in [1.807, 2.05) is 20.8 Å². The highest BCUT2D eigenvalue weighted by Crippen LogP contribution is 2.13. The Bertz CT molecular complexity index is 679. The molecule has 0 aliphatic rings. The van der Waals surface area contributed by atoms with Gasteiger partial charge in [0.05, 0.1) is 13.0 Å². The first-order valence-corrected chi connectivity index (χ1v) is 6.72. The molecule has 0 aliphatic carbocycles. The third-order valence-electron chi connectivity index (χ3n) is 3.15. The molecule has 2 rings (SSSR count). The topological polar surface area (TPSA) is 101 Å². The number of fused-ring (bicyclic) bond motifs is 1. The van der Waals surface area contributed by atoms with Gasteiger partial charge in [0, 0.05) is 23.5 Å². The zero-order valence-electron chi connectivity index (χ0n) is 12.3. The first kappa shape index (κ1) is 14.9. The van der Waals surface area contributed by atoms with Crippen LogP contribution in [0.5, 0.6) is 0 Å². The molecule has 2 aromatic heterocycles. The summed E-state index contributed by atoms with van der Waals surface area (Å²) in [5, 5.41) is 9.28. The van der Waals surface area contributed by atoms with E-state index in [0.29, 0.717) is 12.3 Å². The number of likely N-dealkylation sites (N-methyl/N-ethyl adjacent to an activating group) is 1. The summed E-state index contributed by atoms with van der Waals surface area (Å²) in [6.45, 7) is 6.03. The number of aryl methyl sites for hydroxylation is 2. The molecule has 0 atom stereocenters. The average molecular weight is 290 g/mol. The Balaban J connectivity index is 2.08. The lowest BCUT2D eigenvalue weighted by Crippen LogP contribution is -2.37. The summed E-state index contributed by atoms with van der Waals surface area (Å²) >= 11 is 0. The van der Waals surface area contributed by atoms with E-state index < -0.39 is 0 Å². The quantitative estimate of drug-likeness (QED) is 0.775. The van der Waals surface area contributed by atoms with Crippen molar-refractivity contribution < 1.29 is 9.59 Å². The highest BCUT2D eigenvalue weighted by atomic mass is 16.2. The van der Waals surface area contributed by atoms with Gasteiger partial charge in [0.25, 0.3) is 5.78 Å². The number of hydrogen-bond donors (Lipinski definition) is 2. The zero-order valence-corrected chi connectivity index (χ0v) is 12.3. The molecule has 0 saturated carbocycles. The Kier molecular flexibility index (Phi) is 4.46. The van der Waals surface area contributed by atoms with Gasteiger partial charge in [0.2, 0.25) is 11.8 Å². The van der Waals surface area contributed by atoms with Crippen LogP contribution in [-0.2, 0) is 16.0 Å². The Morgan fingerprint density at radius 3 is 2.71 bits per heavy atom. The number of nitrogens with zero attached hydrogens (tertiary/aromatic N) is 4. The molecule has 8 heteroatoms. The van der Waals surface area contributed by atoms with Gasteiger partial charge in [-0.15, -0.1) is 0 Å². The van der Waals surface area contributed by atoms with E-state index in [-0.39, 0.29) is 24.8 Å². The van der Waals surface area contributed by atoms with Crippen LogP contribution in [0.1, 0.15) is 23.9 Å². The summed E-state index contributed by atoms with van der Waals surface area (Å²) in [6, 6.07) is 0. The molecule has 2 aromatic rings. The molecule has 0 bridgehead atoms. The van der Waals surface area contributed by atoms with Crippen molar-refractivity contribution in [2.24, 2.45) is 0 Å². The van der Waals surface area contributed by atoms with Crippen molar-refractivity contribution >= 4 is 17.6 Å². The highest BCUT2D eigenvalue weighted by molar-refractivity contribution is 5.85. The molecule has 0 fully saturated rings. The Labute approximate surface area is 122 Å². The van der Waals surface area contributed by atoms with E-state index >= 15 is 0 Å². The van der Waals surface area contributed by atoms with Crippen LogP contribution in [0, 0.1) is 13.8 Å². The Hall–Kier alpha value is -2.51. The minimum Gasteiger partial charge on any atom is -0.355 e. The molecule has 112 valence electrons. The van der Waals surface area contributed by atoms with E-state index in [0.717, 1.165) is 17.0 Å². The second-order valence-electron chi connectivity index (χ2n) is 4.64. The molecular weight excluding hydrogens is 272 g/mol. The molecule has 2 amide bonds. The lowest BCUT2D eigenvalue weighted by atomic mass is 10.1. The fourth-order valence-electron chi connectivity index (χ4n) is 2.07. The summed E-state index contributed by atoms with van der Waals surface area (Å²) in [6.07, 6.45) is 1.58. The average Bonchev–Trinajstić information content (AvgIpc) is 2.90. The van der Waals surface area contributed by atoms with E-state index in [1.165, 1.54) is 6.33 Å². The van der Waals surface area contributed by atoms with Crippen LogP contribution in [0.25, 0.3) is 5.78 Å². The van der Waals surface area contributed by atoms with Crippen molar-refractivity contribution in [2.45, 2.75) is 27.2 Å². The van der Waals surface area contributed by atoms with Crippen LogP contribution in [0.15, 0.2) is 6.33 Å². The van der Waals surface area contributed by atoms with E-state index in [4.69, 9.17) is 0 Å². The van der Waals surface area contributed by atoms with Gasteiger partial charge in [-0.25, -0.2) is 9.50 Å². The summed E-state index contributed by atoms with van der Waals surface area (Å²) in [4.78, 5) is 31.6. The van der Waals surface area contributed by atoms with Crippen molar-refractivity contribution in [1.29, 1.82) is 0 Å². The molecule has 0 spiro atoms.